The fraction of sp³-hybridized carbons (Fsp3) is 0.818. The van der Waals surface area contributed by atoms with Crippen LogP contribution in [0.2, 0.25) is 0 Å². The van der Waals surface area contributed by atoms with Gasteiger partial charge in [-0.1, -0.05) is 19.8 Å². The highest BCUT2D eigenvalue weighted by Gasteiger charge is 2.42. The van der Waals surface area contributed by atoms with Crippen LogP contribution in [-0.2, 0) is 4.74 Å². The zero-order chi connectivity index (χ0) is 9.31. The molecule has 74 valence electrons. The molecule has 0 aromatic rings. The Hall–Kier alpha value is -0.500. The lowest BCUT2D eigenvalue weighted by Crippen LogP contribution is -2.36. The van der Waals surface area contributed by atoms with E-state index in [2.05, 4.69) is 6.92 Å². The molecule has 0 bridgehead atoms. The van der Waals surface area contributed by atoms with E-state index in [1.54, 1.807) is 6.26 Å². The average Bonchev–Trinajstić information content (AvgIpc) is 2.73. The van der Waals surface area contributed by atoms with Crippen LogP contribution in [-0.4, -0.2) is 17.8 Å². The van der Waals surface area contributed by atoms with Gasteiger partial charge < -0.3 is 9.84 Å². The van der Waals surface area contributed by atoms with E-state index in [1.807, 2.05) is 6.08 Å². The smallest absolute Gasteiger partial charge is 0.112 e. The summed E-state index contributed by atoms with van der Waals surface area (Å²) < 4.78 is 5.60. The van der Waals surface area contributed by atoms with Gasteiger partial charge in [-0.05, 0) is 24.8 Å². The van der Waals surface area contributed by atoms with Crippen molar-refractivity contribution in [3.05, 3.63) is 12.3 Å². The molecule has 1 heterocycles. The topological polar surface area (TPSA) is 29.5 Å². The molecule has 2 atom stereocenters. The quantitative estimate of drug-likeness (QED) is 0.708. The second kappa shape index (κ2) is 3.33. The van der Waals surface area contributed by atoms with Crippen LogP contribution in [0.5, 0.6) is 0 Å². The van der Waals surface area contributed by atoms with Gasteiger partial charge in [-0.15, -0.1) is 0 Å². The third-order valence-electron chi connectivity index (χ3n) is 3.49. The summed E-state index contributed by atoms with van der Waals surface area (Å²) in [6.07, 6.45) is 9.18. The molecule has 0 saturated heterocycles. The van der Waals surface area contributed by atoms with Crippen molar-refractivity contribution in [1.29, 1.82) is 0 Å². The number of hydrogen-bond donors (Lipinski definition) is 1. The zero-order valence-electron chi connectivity index (χ0n) is 8.20. The summed E-state index contributed by atoms with van der Waals surface area (Å²) >= 11 is 0. The molecule has 1 N–H and O–H groups in total. The maximum atomic E-state index is 9.32. The summed E-state index contributed by atoms with van der Waals surface area (Å²) in [7, 11) is 0. The molecular formula is C11H18O2. The first-order chi connectivity index (χ1) is 6.26. The standard InChI is InChI=1S/C11H18O2/c1-11(8-12)6-7-13-10(11)9-4-2-3-5-9/h6-7,9-10,12H,2-5,8H2,1H3/t10-,11+/m0/s1. The summed E-state index contributed by atoms with van der Waals surface area (Å²) in [6, 6.07) is 0. The van der Waals surface area contributed by atoms with Crippen LogP contribution in [0.1, 0.15) is 32.6 Å². The third kappa shape index (κ3) is 1.48. The van der Waals surface area contributed by atoms with Crippen molar-refractivity contribution >= 4 is 0 Å². The molecular weight excluding hydrogens is 164 g/mol. The summed E-state index contributed by atoms with van der Waals surface area (Å²) in [5.41, 5.74) is -0.130. The van der Waals surface area contributed by atoms with Gasteiger partial charge in [0.15, 0.2) is 0 Å². The second-order valence-corrected chi connectivity index (χ2v) is 4.57. The molecule has 1 fully saturated rings. The minimum absolute atomic E-state index is 0.130. The lowest BCUT2D eigenvalue weighted by molar-refractivity contribution is 0.00524. The normalized spacial score (nSPS) is 39.7. The highest BCUT2D eigenvalue weighted by atomic mass is 16.5. The van der Waals surface area contributed by atoms with Crippen molar-refractivity contribution in [2.24, 2.45) is 11.3 Å². The average molecular weight is 182 g/mol. The fourth-order valence-corrected chi connectivity index (χ4v) is 2.58. The van der Waals surface area contributed by atoms with Crippen LogP contribution in [0.15, 0.2) is 12.3 Å². The largest absolute Gasteiger partial charge is 0.497 e. The van der Waals surface area contributed by atoms with E-state index >= 15 is 0 Å². The first kappa shape index (κ1) is 9.07. The van der Waals surface area contributed by atoms with Gasteiger partial charge in [-0.25, -0.2) is 0 Å². The molecule has 0 spiro atoms. The maximum Gasteiger partial charge on any atom is 0.112 e. The highest BCUT2D eigenvalue weighted by Crippen LogP contribution is 2.41. The first-order valence-electron chi connectivity index (χ1n) is 5.20. The number of ether oxygens (including phenoxy) is 1. The highest BCUT2D eigenvalue weighted by molar-refractivity contribution is 5.07. The number of rotatable bonds is 2. The second-order valence-electron chi connectivity index (χ2n) is 4.57. The van der Waals surface area contributed by atoms with E-state index in [0.717, 1.165) is 0 Å². The summed E-state index contributed by atoms with van der Waals surface area (Å²) in [4.78, 5) is 0. The zero-order valence-corrected chi connectivity index (χ0v) is 8.20. The monoisotopic (exact) mass is 182 g/mol. The van der Waals surface area contributed by atoms with Crippen molar-refractivity contribution in [3.63, 3.8) is 0 Å². The summed E-state index contributed by atoms with van der Waals surface area (Å²) in [5.74, 6) is 0.659. The predicted molar refractivity (Wildman–Crippen MR) is 51.2 cm³/mol. The van der Waals surface area contributed by atoms with E-state index in [4.69, 9.17) is 4.74 Å². The number of aliphatic hydroxyl groups excluding tert-OH is 1. The van der Waals surface area contributed by atoms with E-state index in [-0.39, 0.29) is 18.1 Å². The van der Waals surface area contributed by atoms with Gasteiger partial charge in [0, 0.05) is 5.41 Å². The molecule has 2 aliphatic rings. The molecule has 1 aliphatic heterocycles. The molecule has 0 radical (unpaired) electrons. The van der Waals surface area contributed by atoms with Gasteiger partial charge in [0.25, 0.3) is 0 Å². The Morgan fingerprint density at radius 2 is 2.15 bits per heavy atom. The van der Waals surface area contributed by atoms with Crippen molar-refractivity contribution < 1.29 is 9.84 Å². The Kier molecular flexibility index (Phi) is 2.33. The SMILES string of the molecule is C[C@]1(CO)C=CO[C@H]1C1CCCC1. The predicted octanol–water partition coefficient (Wildman–Crippen LogP) is 2.09. The van der Waals surface area contributed by atoms with Crippen LogP contribution >= 0.6 is 0 Å². The van der Waals surface area contributed by atoms with Crippen molar-refractivity contribution in [2.75, 3.05) is 6.61 Å². The maximum absolute atomic E-state index is 9.32. The van der Waals surface area contributed by atoms with Crippen molar-refractivity contribution in [1.82, 2.24) is 0 Å². The molecule has 2 rings (SSSR count). The van der Waals surface area contributed by atoms with Crippen molar-refractivity contribution in [2.45, 2.75) is 38.7 Å². The third-order valence-corrected chi connectivity index (χ3v) is 3.49. The van der Waals surface area contributed by atoms with E-state index < -0.39 is 0 Å². The molecule has 0 aromatic carbocycles. The Labute approximate surface area is 79.6 Å². The van der Waals surface area contributed by atoms with Gasteiger partial charge in [0.05, 0.1) is 12.9 Å². The summed E-state index contributed by atoms with van der Waals surface area (Å²) in [5, 5.41) is 9.32. The molecule has 2 nitrogen and oxygen atoms in total. The molecule has 1 aliphatic carbocycles. The first-order valence-corrected chi connectivity index (χ1v) is 5.20. The van der Waals surface area contributed by atoms with Crippen LogP contribution in [0.25, 0.3) is 0 Å². The van der Waals surface area contributed by atoms with Gasteiger partial charge >= 0.3 is 0 Å². The minimum atomic E-state index is -0.130. The molecule has 0 amide bonds. The molecule has 13 heavy (non-hydrogen) atoms. The fourth-order valence-electron chi connectivity index (χ4n) is 2.58. The van der Waals surface area contributed by atoms with Gasteiger partial charge in [-0.3, -0.25) is 0 Å². The molecule has 0 aromatic heterocycles. The minimum Gasteiger partial charge on any atom is -0.497 e. The molecule has 2 heteroatoms. The number of hydrogen-bond acceptors (Lipinski definition) is 2. The van der Waals surface area contributed by atoms with Gasteiger partial charge in [0.1, 0.15) is 6.10 Å². The van der Waals surface area contributed by atoms with E-state index in [1.165, 1.54) is 25.7 Å². The molecule has 1 saturated carbocycles. The van der Waals surface area contributed by atoms with Crippen LogP contribution in [0.3, 0.4) is 0 Å². The van der Waals surface area contributed by atoms with Gasteiger partial charge in [-0.2, -0.15) is 0 Å². The van der Waals surface area contributed by atoms with Crippen LogP contribution in [0.4, 0.5) is 0 Å². The Morgan fingerprint density at radius 1 is 1.46 bits per heavy atom. The Balaban J connectivity index is 2.06. The van der Waals surface area contributed by atoms with Crippen LogP contribution < -0.4 is 0 Å². The Morgan fingerprint density at radius 3 is 2.77 bits per heavy atom. The summed E-state index contributed by atoms with van der Waals surface area (Å²) in [6.45, 7) is 2.28. The Bertz CT molecular complexity index is 206. The van der Waals surface area contributed by atoms with Gasteiger partial charge in [0.2, 0.25) is 0 Å². The van der Waals surface area contributed by atoms with Crippen molar-refractivity contribution in [3.8, 4) is 0 Å². The van der Waals surface area contributed by atoms with Crippen LogP contribution in [0, 0.1) is 11.3 Å². The lowest BCUT2D eigenvalue weighted by Gasteiger charge is -2.31. The molecule has 0 unspecified atom stereocenters. The number of aliphatic hydroxyl groups is 1. The lowest BCUT2D eigenvalue weighted by atomic mass is 9.79. The van der Waals surface area contributed by atoms with E-state index in [9.17, 15) is 5.11 Å². The van der Waals surface area contributed by atoms with E-state index in [0.29, 0.717) is 5.92 Å².